The summed E-state index contributed by atoms with van der Waals surface area (Å²) in [6, 6.07) is 8.81. The smallest absolute Gasteiger partial charge is 0.301 e. The molecule has 0 radical (unpaired) electrons. The lowest BCUT2D eigenvalue weighted by Crippen LogP contribution is -2.51. The second-order valence-electron chi connectivity index (χ2n) is 7.26. The van der Waals surface area contributed by atoms with Crippen LogP contribution in [0.5, 0.6) is 0 Å². The van der Waals surface area contributed by atoms with Gasteiger partial charge in [0.25, 0.3) is 11.8 Å². The van der Waals surface area contributed by atoms with Gasteiger partial charge < -0.3 is 4.90 Å². The Kier molecular flexibility index (Phi) is 5.53. The summed E-state index contributed by atoms with van der Waals surface area (Å²) >= 11 is 0. The van der Waals surface area contributed by atoms with Crippen LogP contribution in [0.25, 0.3) is 17.3 Å². The third-order valence-electron chi connectivity index (χ3n) is 5.17. The number of amides is 4. The third-order valence-corrected chi connectivity index (χ3v) is 5.17. The average Bonchev–Trinajstić information content (AvgIpc) is 3.13. The number of likely N-dealkylation sites (tertiary alicyclic amines) is 1. The minimum atomic E-state index is -0.808. The number of barbiturate groups is 1. The van der Waals surface area contributed by atoms with E-state index in [1.807, 2.05) is 41.2 Å². The molecule has 1 aromatic heterocycles. The Balaban J connectivity index is 1.63. The van der Waals surface area contributed by atoms with Gasteiger partial charge in [0, 0.05) is 23.9 Å². The van der Waals surface area contributed by atoms with Crippen molar-refractivity contribution in [3.63, 3.8) is 0 Å². The number of rotatable bonds is 5. The van der Waals surface area contributed by atoms with Gasteiger partial charge in [0.05, 0.1) is 12.2 Å². The molecule has 3 heterocycles. The molecule has 1 aromatic carbocycles. The van der Waals surface area contributed by atoms with E-state index in [1.165, 1.54) is 25.3 Å². The largest absolute Gasteiger partial charge is 0.328 e. The van der Waals surface area contributed by atoms with Gasteiger partial charge in [-0.15, -0.1) is 0 Å². The van der Waals surface area contributed by atoms with E-state index in [9.17, 15) is 14.4 Å². The zero-order valence-electron chi connectivity index (χ0n) is 16.1. The van der Waals surface area contributed by atoms with E-state index in [-0.39, 0.29) is 5.57 Å². The highest BCUT2D eigenvalue weighted by Gasteiger charge is 2.28. The molecule has 4 amide bonds. The summed E-state index contributed by atoms with van der Waals surface area (Å²) in [5.74, 6) is -1.42. The minimum absolute atomic E-state index is 0.114. The molecule has 8 heteroatoms. The first kappa shape index (κ1) is 19.1. The topological polar surface area (TPSA) is 96.3 Å². The van der Waals surface area contributed by atoms with Gasteiger partial charge in [0.15, 0.2) is 0 Å². The summed E-state index contributed by atoms with van der Waals surface area (Å²) in [6.07, 6.45) is 7.09. The number of carbonyl (C=O) groups excluding carboxylic acids is 3. The number of benzene rings is 1. The van der Waals surface area contributed by atoms with Gasteiger partial charge in [0.1, 0.15) is 5.57 Å². The summed E-state index contributed by atoms with van der Waals surface area (Å²) in [7, 11) is 0. The van der Waals surface area contributed by atoms with Crippen molar-refractivity contribution in [1.29, 1.82) is 0 Å². The Hall–Kier alpha value is -3.26. The van der Waals surface area contributed by atoms with E-state index in [0.29, 0.717) is 11.3 Å². The van der Waals surface area contributed by atoms with Crippen LogP contribution in [0.2, 0.25) is 0 Å². The van der Waals surface area contributed by atoms with Crippen molar-refractivity contribution in [2.45, 2.75) is 25.8 Å². The Morgan fingerprint density at radius 3 is 2.31 bits per heavy atom. The molecule has 0 saturated carbocycles. The molecule has 0 spiro atoms. The van der Waals surface area contributed by atoms with Gasteiger partial charge in [-0.05, 0) is 32.0 Å². The lowest BCUT2D eigenvalue weighted by molar-refractivity contribution is -0.123. The van der Waals surface area contributed by atoms with E-state index in [2.05, 4.69) is 15.5 Å². The van der Waals surface area contributed by atoms with Crippen LogP contribution in [0.1, 0.15) is 24.8 Å². The lowest BCUT2D eigenvalue weighted by atomic mass is 10.0. The SMILES string of the molecule is O=C1NC(=O)C(=Cc2cn(CCN3CCCCC3)nc2-c2ccccc2)C(=O)N1. The van der Waals surface area contributed by atoms with Crippen molar-refractivity contribution >= 4 is 23.9 Å². The number of carbonyl (C=O) groups is 3. The van der Waals surface area contributed by atoms with Crippen LogP contribution < -0.4 is 10.6 Å². The molecule has 0 unspecified atom stereocenters. The first-order valence-electron chi connectivity index (χ1n) is 9.84. The van der Waals surface area contributed by atoms with E-state index >= 15 is 0 Å². The molecule has 2 N–H and O–H groups in total. The van der Waals surface area contributed by atoms with E-state index in [0.717, 1.165) is 31.7 Å². The van der Waals surface area contributed by atoms with Crippen LogP contribution in [-0.4, -0.2) is 52.2 Å². The van der Waals surface area contributed by atoms with E-state index in [4.69, 9.17) is 5.10 Å². The molecule has 2 saturated heterocycles. The third kappa shape index (κ3) is 4.43. The fourth-order valence-electron chi connectivity index (χ4n) is 3.67. The van der Waals surface area contributed by atoms with Crippen LogP contribution in [0, 0.1) is 0 Å². The number of hydrogen-bond acceptors (Lipinski definition) is 5. The summed E-state index contributed by atoms with van der Waals surface area (Å²) in [4.78, 5) is 38.0. The molecule has 0 aliphatic carbocycles. The standard InChI is InChI=1S/C21H23N5O3/c27-19-17(20(28)23-21(29)22-19)13-16-14-26(12-11-25-9-5-2-6-10-25)24-18(16)15-7-3-1-4-8-15/h1,3-4,7-8,13-14H,2,5-6,9-12H2,(H2,22,23,27,28,29). The second kappa shape index (κ2) is 8.40. The van der Waals surface area contributed by atoms with Gasteiger partial charge in [-0.25, -0.2) is 4.79 Å². The van der Waals surface area contributed by atoms with Gasteiger partial charge in [-0.2, -0.15) is 5.10 Å². The van der Waals surface area contributed by atoms with Crippen molar-refractivity contribution in [3.8, 4) is 11.3 Å². The van der Waals surface area contributed by atoms with Crippen molar-refractivity contribution in [3.05, 3.63) is 47.7 Å². The van der Waals surface area contributed by atoms with Crippen molar-refractivity contribution < 1.29 is 14.4 Å². The Labute approximate surface area is 168 Å². The Bertz CT molecular complexity index is 936. The zero-order chi connectivity index (χ0) is 20.2. The van der Waals surface area contributed by atoms with Gasteiger partial charge in [0.2, 0.25) is 0 Å². The number of piperidine rings is 1. The number of hydrogen-bond donors (Lipinski definition) is 2. The second-order valence-corrected chi connectivity index (χ2v) is 7.26. The van der Waals surface area contributed by atoms with E-state index < -0.39 is 17.8 Å². The highest BCUT2D eigenvalue weighted by molar-refractivity contribution is 6.31. The lowest BCUT2D eigenvalue weighted by Gasteiger charge is -2.26. The van der Waals surface area contributed by atoms with Crippen molar-refractivity contribution in [2.24, 2.45) is 0 Å². The van der Waals surface area contributed by atoms with Crippen LogP contribution >= 0.6 is 0 Å². The number of urea groups is 1. The van der Waals surface area contributed by atoms with E-state index in [1.54, 1.807) is 0 Å². The Morgan fingerprint density at radius 1 is 0.931 bits per heavy atom. The molecule has 150 valence electrons. The predicted molar refractivity (Wildman–Crippen MR) is 108 cm³/mol. The molecule has 0 bridgehead atoms. The van der Waals surface area contributed by atoms with Gasteiger partial charge in [-0.1, -0.05) is 36.8 Å². The predicted octanol–water partition coefficient (Wildman–Crippen LogP) is 1.79. The summed E-state index contributed by atoms with van der Waals surface area (Å²) in [6.45, 7) is 3.84. The first-order chi connectivity index (χ1) is 14.1. The number of nitrogens with zero attached hydrogens (tertiary/aromatic N) is 3. The molecular weight excluding hydrogens is 370 g/mol. The molecule has 0 atom stereocenters. The monoisotopic (exact) mass is 393 g/mol. The highest BCUT2D eigenvalue weighted by Crippen LogP contribution is 2.24. The van der Waals surface area contributed by atoms with Gasteiger partial charge in [-0.3, -0.25) is 24.9 Å². The number of nitrogens with one attached hydrogen (secondary N) is 2. The Morgan fingerprint density at radius 2 is 1.62 bits per heavy atom. The molecular formula is C21H23N5O3. The fourth-order valence-corrected chi connectivity index (χ4v) is 3.67. The molecule has 2 fully saturated rings. The number of aromatic nitrogens is 2. The maximum atomic E-state index is 12.1. The van der Waals surface area contributed by atoms with Crippen LogP contribution in [0.15, 0.2) is 42.1 Å². The van der Waals surface area contributed by atoms with Crippen LogP contribution in [-0.2, 0) is 16.1 Å². The fraction of sp³-hybridized carbons (Fsp3) is 0.333. The maximum Gasteiger partial charge on any atom is 0.328 e. The molecule has 8 nitrogen and oxygen atoms in total. The summed E-state index contributed by atoms with van der Waals surface area (Å²) < 4.78 is 1.85. The molecule has 2 aromatic rings. The van der Waals surface area contributed by atoms with Crippen LogP contribution in [0.4, 0.5) is 4.79 Å². The summed E-state index contributed by atoms with van der Waals surface area (Å²) in [5, 5.41) is 8.91. The first-order valence-corrected chi connectivity index (χ1v) is 9.84. The average molecular weight is 393 g/mol. The van der Waals surface area contributed by atoms with Gasteiger partial charge >= 0.3 is 6.03 Å². The van der Waals surface area contributed by atoms with Crippen molar-refractivity contribution in [2.75, 3.05) is 19.6 Å². The molecule has 2 aliphatic heterocycles. The summed E-state index contributed by atoms with van der Waals surface area (Å²) in [5.41, 5.74) is 2.12. The quantitative estimate of drug-likeness (QED) is 0.596. The highest BCUT2D eigenvalue weighted by atomic mass is 16.2. The minimum Gasteiger partial charge on any atom is -0.301 e. The zero-order valence-corrected chi connectivity index (χ0v) is 16.1. The normalized spacial score (nSPS) is 17.8. The molecule has 4 rings (SSSR count). The van der Waals surface area contributed by atoms with Crippen molar-refractivity contribution in [1.82, 2.24) is 25.3 Å². The molecule has 2 aliphatic rings. The molecule has 29 heavy (non-hydrogen) atoms. The number of imide groups is 2. The van der Waals surface area contributed by atoms with Crippen LogP contribution in [0.3, 0.4) is 0 Å². The maximum absolute atomic E-state index is 12.1.